The van der Waals surface area contributed by atoms with E-state index in [4.69, 9.17) is 4.98 Å². The standard InChI is InChI=1S/C33H40N6O2S/c1-24-35-28-11-3-4-12-30(28)39(24)22-27-23-42-32(36-27)20-34-31(40)14-15-33(41)38-18-8-13-29(38)26-10-7-9-25(19-26)21-37-16-5-2-6-17-37/h3-4,7,9-12,19,23,29H,2,5-6,8,13-18,20-22H2,1H3,(H,34,40). The molecule has 2 amide bonds. The number of hydrogen-bond donors (Lipinski definition) is 1. The predicted molar refractivity (Wildman–Crippen MR) is 166 cm³/mol. The van der Waals surface area contributed by atoms with Crippen molar-refractivity contribution >= 4 is 34.2 Å². The number of piperidine rings is 1. The van der Waals surface area contributed by atoms with Gasteiger partial charge in [0.1, 0.15) is 10.8 Å². The van der Waals surface area contributed by atoms with Crippen LogP contribution in [0.2, 0.25) is 0 Å². The number of likely N-dealkylation sites (tertiary alicyclic amines) is 2. The lowest BCUT2D eigenvalue weighted by Crippen LogP contribution is -2.32. The summed E-state index contributed by atoms with van der Waals surface area (Å²) in [5.74, 6) is 0.901. The summed E-state index contributed by atoms with van der Waals surface area (Å²) in [4.78, 5) is 39.7. The van der Waals surface area contributed by atoms with E-state index in [2.05, 4.69) is 50.1 Å². The second-order valence-corrected chi connectivity index (χ2v) is 12.5. The van der Waals surface area contributed by atoms with Crippen molar-refractivity contribution in [1.82, 2.24) is 29.7 Å². The fraction of sp³-hybridized carbons (Fsp3) is 0.455. The van der Waals surface area contributed by atoms with Crippen molar-refractivity contribution in [2.45, 2.75) is 77.5 Å². The van der Waals surface area contributed by atoms with Gasteiger partial charge in [0.25, 0.3) is 0 Å². The number of benzene rings is 2. The Kier molecular flexibility index (Phi) is 8.95. The van der Waals surface area contributed by atoms with Crippen LogP contribution in [0.5, 0.6) is 0 Å². The van der Waals surface area contributed by atoms with Gasteiger partial charge in [0.2, 0.25) is 11.8 Å². The van der Waals surface area contributed by atoms with E-state index in [-0.39, 0.29) is 30.7 Å². The Morgan fingerprint density at radius 1 is 0.952 bits per heavy atom. The summed E-state index contributed by atoms with van der Waals surface area (Å²) in [5, 5.41) is 5.85. The molecular formula is C33H40N6O2S. The van der Waals surface area contributed by atoms with Gasteiger partial charge in [0.05, 0.1) is 35.9 Å². The average molecular weight is 585 g/mol. The molecule has 0 aliphatic carbocycles. The van der Waals surface area contributed by atoms with Gasteiger partial charge in [0, 0.05) is 31.3 Å². The Balaban J connectivity index is 0.981. The molecule has 2 saturated heterocycles. The summed E-state index contributed by atoms with van der Waals surface area (Å²) >= 11 is 1.54. The number of fused-ring (bicyclic) bond motifs is 1. The molecule has 4 aromatic rings. The van der Waals surface area contributed by atoms with Gasteiger partial charge in [-0.3, -0.25) is 14.5 Å². The monoisotopic (exact) mass is 584 g/mol. The van der Waals surface area contributed by atoms with Gasteiger partial charge < -0.3 is 14.8 Å². The average Bonchev–Trinajstić information content (AvgIpc) is 3.75. The first-order chi connectivity index (χ1) is 20.5. The lowest BCUT2D eigenvalue weighted by atomic mass is 10.0. The molecule has 1 unspecified atom stereocenters. The van der Waals surface area contributed by atoms with Crippen molar-refractivity contribution in [1.29, 1.82) is 0 Å². The van der Waals surface area contributed by atoms with Crippen LogP contribution in [0.1, 0.15) is 78.6 Å². The molecule has 6 rings (SSSR count). The molecule has 2 fully saturated rings. The fourth-order valence-corrected chi connectivity index (χ4v) is 7.10. The van der Waals surface area contributed by atoms with Gasteiger partial charge in [-0.05, 0) is 69.0 Å². The Morgan fingerprint density at radius 2 is 1.81 bits per heavy atom. The van der Waals surface area contributed by atoms with Crippen LogP contribution in [-0.4, -0.2) is 55.8 Å². The number of amides is 2. The van der Waals surface area contributed by atoms with Gasteiger partial charge in [0.15, 0.2) is 0 Å². The predicted octanol–water partition coefficient (Wildman–Crippen LogP) is 5.60. The van der Waals surface area contributed by atoms with Crippen LogP contribution in [-0.2, 0) is 29.2 Å². The molecular weight excluding hydrogens is 544 g/mol. The lowest BCUT2D eigenvalue weighted by molar-refractivity contribution is -0.134. The van der Waals surface area contributed by atoms with E-state index < -0.39 is 0 Å². The molecule has 0 saturated carbocycles. The van der Waals surface area contributed by atoms with Crippen molar-refractivity contribution in [3.05, 3.63) is 81.6 Å². The maximum atomic E-state index is 13.2. The molecule has 2 aromatic heterocycles. The summed E-state index contributed by atoms with van der Waals surface area (Å²) in [6.07, 6.45) is 6.30. The minimum absolute atomic E-state index is 0.0635. The van der Waals surface area contributed by atoms with Crippen LogP contribution in [0, 0.1) is 6.92 Å². The second kappa shape index (κ2) is 13.2. The van der Waals surface area contributed by atoms with Gasteiger partial charge in [-0.15, -0.1) is 11.3 Å². The molecule has 1 N–H and O–H groups in total. The van der Waals surface area contributed by atoms with Crippen LogP contribution < -0.4 is 5.32 Å². The van der Waals surface area contributed by atoms with Crippen LogP contribution in [0.15, 0.2) is 53.9 Å². The molecule has 2 aliphatic heterocycles. The van der Waals surface area contributed by atoms with E-state index in [9.17, 15) is 9.59 Å². The van der Waals surface area contributed by atoms with Gasteiger partial charge >= 0.3 is 0 Å². The number of thiazole rings is 1. The number of hydrogen-bond acceptors (Lipinski definition) is 6. The van der Waals surface area contributed by atoms with Crippen molar-refractivity contribution in [3.63, 3.8) is 0 Å². The Hall–Kier alpha value is -3.56. The number of imidazole rings is 1. The van der Waals surface area contributed by atoms with Crippen LogP contribution in [0.4, 0.5) is 0 Å². The molecule has 1 atom stereocenters. The zero-order valence-electron chi connectivity index (χ0n) is 24.4. The second-order valence-electron chi connectivity index (χ2n) is 11.6. The molecule has 0 spiro atoms. The number of carbonyl (C=O) groups is 2. The van der Waals surface area contributed by atoms with Gasteiger partial charge in [-0.2, -0.15) is 0 Å². The number of rotatable bonds is 10. The number of nitrogens with zero attached hydrogens (tertiary/aromatic N) is 5. The summed E-state index contributed by atoms with van der Waals surface area (Å²) < 4.78 is 2.16. The molecule has 220 valence electrons. The van der Waals surface area contributed by atoms with E-state index >= 15 is 0 Å². The first-order valence-electron chi connectivity index (χ1n) is 15.3. The number of aromatic nitrogens is 3. The van der Waals surface area contributed by atoms with Crippen LogP contribution in [0.3, 0.4) is 0 Å². The van der Waals surface area contributed by atoms with E-state index in [1.54, 1.807) is 11.3 Å². The van der Waals surface area contributed by atoms with Crippen molar-refractivity contribution in [2.24, 2.45) is 0 Å². The minimum atomic E-state index is -0.115. The summed E-state index contributed by atoms with van der Waals surface area (Å²) in [6, 6.07) is 17.0. The van der Waals surface area contributed by atoms with Crippen LogP contribution >= 0.6 is 11.3 Å². The molecule has 0 bridgehead atoms. The fourth-order valence-electron chi connectivity index (χ4n) is 6.37. The summed E-state index contributed by atoms with van der Waals surface area (Å²) in [6.45, 7) is 7.11. The lowest BCUT2D eigenvalue weighted by Gasteiger charge is -2.28. The van der Waals surface area contributed by atoms with E-state index in [0.717, 1.165) is 53.5 Å². The Morgan fingerprint density at radius 3 is 2.69 bits per heavy atom. The van der Waals surface area contributed by atoms with E-state index in [1.807, 2.05) is 35.4 Å². The van der Waals surface area contributed by atoms with Crippen LogP contribution in [0.25, 0.3) is 11.0 Å². The number of para-hydroxylation sites is 2. The minimum Gasteiger partial charge on any atom is -0.350 e. The normalized spacial score (nSPS) is 17.6. The quantitative estimate of drug-likeness (QED) is 0.263. The number of carbonyl (C=O) groups excluding carboxylic acids is 2. The first kappa shape index (κ1) is 28.6. The molecule has 8 nitrogen and oxygen atoms in total. The van der Waals surface area contributed by atoms with E-state index in [1.165, 1.54) is 43.5 Å². The van der Waals surface area contributed by atoms with Crippen molar-refractivity contribution < 1.29 is 9.59 Å². The molecule has 4 heterocycles. The zero-order valence-corrected chi connectivity index (χ0v) is 25.2. The maximum absolute atomic E-state index is 13.2. The first-order valence-corrected chi connectivity index (χ1v) is 16.1. The summed E-state index contributed by atoms with van der Waals surface area (Å²) in [5.41, 5.74) is 5.57. The zero-order chi connectivity index (χ0) is 28.9. The van der Waals surface area contributed by atoms with E-state index in [0.29, 0.717) is 13.1 Å². The third-order valence-electron chi connectivity index (χ3n) is 8.53. The topological polar surface area (TPSA) is 83.4 Å². The molecule has 2 aliphatic rings. The molecule has 9 heteroatoms. The third kappa shape index (κ3) is 6.73. The SMILES string of the molecule is Cc1nc2ccccc2n1Cc1csc(CNC(=O)CCC(=O)N2CCCC2c2cccc(CN3CCCCC3)c2)n1. The maximum Gasteiger partial charge on any atom is 0.223 e. The third-order valence-corrected chi connectivity index (χ3v) is 9.43. The Bertz CT molecular complexity index is 1540. The van der Waals surface area contributed by atoms with Crippen molar-refractivity contribution in [2.75, 3.05) is 19.6 Å². The highest BCUT2D eigenvalue weighted by Gasteiger charge is 2.30. The number of aryl methyl sites for hydroxylation is 1. The summed E-state index contributed by atoms with van der Waals surface area (Å²) in [7, 11) is 0. The Labute approximate surface area is 251 Å². The molecule has 42 heavy (non-hydrogen) atoms. The largest absolute Gasteiger partial charge is 0.350 e. The highest BCUT2D eigenvalue weighted by Crippen LogP contribution is 2.33. The number of nitrogens with one attached hydrogen (secondary N) is 1. The highest BCUT2D eigenvalue weighted by molar-refractivity contribution is 7.09. The molecule has 2 aromatic carbocycles. The van der Waals surface area contributed by atoms with Gasteiger partial charge in [-0.1, -0.05) is 42.8 Å². The van der Waals surface area contributed by atoms with Gasteiger partial charge in [-0.25, -0.2) is 9.97 Å². The van der Waals surface area contributed by atoms with Crippen molar-refractivity contribution in [3.8, 4) is 0 Å². The molecule has 0 radical (unpaired) electrons. The highest BCUT2D eigenvalue weighted by atomic mass is 32.1. The smallest absolute Gasteiger partial charge is 0.223 e.